The van der Waals surface area contributed by atoms with Gasteiger partial charge in [-0.3, -0.25) is 9.59 Å². The third-order valence-corrected chi connectivity index (χ3v) is 6.90. The van der Waals surface area contributed by atoms with E-state index in [1.807, 2.05) is 46.8 Å². The third kappa shape index (κ3) is 2.22. The number of hydrogen-bond acceptors (Lipinski definition) is 6. The van der Waals surface area contributed by atoms with Crippen LogP contribution in [0.4, 0.5) is 0 Å². The van der Waals surface area contributed by atoms with Gasteiger partial charge in [0.05, 0.1) is 6.10 Å². The largest absolute Gasteiger partial charge is 0.479 e. The molecule has 6 atom stereocenters. The highest BCUT2D eigenvalue weighted by molar-refractivity contribution is 6.00. The first-order chi connectivity index (χ1) is 13.1. The molecule has 2 fully saturated rings. The van der Waals surface area contributed by atoms with Gasteiger partial charge in [-0.15, -0.1) is 0 Å². The number of ketones is 1. The summed E-state index contributed by atoms with van der Waals surface area (Å²) in [5, 5.41) is 0. The summed E-state index contributed by atoms with van der Waals surface area (Å²) in [5.41, 5.74) is -0.440. The maximum atomic E-state index is 13.2. The molecule has 4 rings (SSSR count). The van der Waals surface area contributed by atoms with Crippen LogP contribution in [0, 0.1) is 11.3 Å². The highest BCUT2D eigenvalue weighted by atomic mass is 16.7. The van der Waals surface area contributed by atoms with Crippen LogP contribution >= 0.6 is 0 Å². The molecule has 4 heterocycles. The van der Waals surface area contributed by atoms with E-state index in [9.17, 15) is 9.59 Å². The van der Waals surface area contributed by atoms with Crippen LogP contribution in [0.15, 0.2) is 35.1 Å². The van der Waals surface area contributed by atoms with E-state index in [2.05, 4.69) is 0 Å². The Balaban J connectivity index is 1.91. The van der Waals surface area contributed by atoms with Crippen molar-refractivity contribution in [3.63, 3.8) is 0 Å². The van der Waals surface area contributed by atoms with Gasteiger partial charge in [-0.25, -0.2) is 0 Å². The summed E-state index contributed by atoms with van der Waals surface area (Å²) < 4.78 is 24.6. The molecule has 0 spiro atoms. The molecular formula is C22H28O6. The smallest absolute Gasteiger partial charge is 0.318 e. The number of carbonyl (C=O) groups is 2. The quantitative estimate of drug-likeness (QED) is 0.546. The van der Waals surface area contributed by atoms with E-state index in [1.165, 1.54) is 6.08 Å². The summed E-state index contributed by atoms with van der Waals surface area (Å²) in [6.45, 7) is 11.6. The van der Waals surface area contributed by atoms with Crippen LogP contribution in [0.1, 0.15) is 48.0 Å². The fourth-order valence-corrected chi connectivity index (χ4v) is 5.27. The van der Waals surface area contributed by atoms with Crippen LogP contribution in [-0.4, -0.2) is 42.0 Å². The Labute approximate surface area is 165 Å². The third-order valence-electron chi connectivity index (χ3n) is 6.90. The zero-order valence-electron chi connectivity index (χ0n) is 17.3. The molecule has 0 aliphatic carbocycles. The van der Waals surface area contributed by atoms with Crippen molar-refractivity contribution in [1.29, 1.82) is 0 Å². The van der Waals surface area contributed by atoms with Crippen LogP contribution < -0.4 is 0 Å². The minimum atomic E-state index is -1.23. The van der Waals surface area contributed by atoms with Gasteiger partial charge in [0.1, 0.15) is 17.3 Å². The normalized spacial score (nSPS) is 46.6. The predicted molar refractivity (Wildman–Crippen MR) is 101 cm³/mol. The summed E-state index contributed by atoms with van der Waals surface area (Å²) in [6, 6.07) is 0. The lowest BCUT2D eigenvalue weighted by atomic mass is 9.67. The van der Waals surface area contributed by atoms with E-state index in [4.69, 9.17) is 18.9 Å². The van der Waals surface area contributed by atoms with Crippen LogP contribution in [0.2, 0.25) is 0 Å². The molecule has 0 N–H and O–H groups in total. The summed E-state index contributed by atoms with van der Waals surface area (Å²) in [7, 11) is 0. The van der Waals surface area contributed by atoms with E-state index >= 15 is 0 Å². The second kappa shape index (κ2) is 6.04. The molecule has 4 aliphatic heterocycles. The zero-order chi connectivity index (χ0) is 20.5. The van der Waals surface area contributed by atoms with Gasteiger partial charge in [0.2, 0.25) is 11.6 Å². The van der Waals surface area contributed by atoms with Crippen molar-refractivity contribution in [1.82, 2.24) is 0 Å². The second-order valence-corrected chi connectivity index (χ2v) is 8.54. The van der Waals surface area contributed by atoms with Crippen molar-refractivity contribution in [3.8, 4) is 0 Å². The zero-order valence-corrected chi connectivity index (χ0v) is 17.3. The van der Waals surface area contributed by atoms with Crippen LogP contribution in [0.25, 0.3) is 0 Å². The van der Waals surface area contributed by atoms with Gasteiger partial charge in [0, 0.05) is 25.0 Å². The van der Waals surface area contributed by atoms with Crippen molar-refractivity contribution >= 4 is 11.8 Å². The Hall–Kier alpha value is -1.92. The molecule has 152 valence electrons. The molecule has 2 bridgehead atoms. The summed E-state index contributed by atoms with van der Waals surface area (Å²) in [4.78, 5) is 25.9. The first-order valence-electron chi connectivity index (χ1n) is 9.93. The molecule has 4 aliphatic rings. The molecule has 0 aromatic heterocycles. The van der Waals surface area contributed by atoms with Crippen molar-refractivity contribution in [2.75, 3.05) is 6.61 Å². The summed E-state index contributed by atoms with van der Waals surface area (Å²) >= 11 is 0. The molecule has 6 heteroatoms. The average molecular weight is 388 g/mol. The van der Waals surface area contributed by atoms with E-state index in [-0.39, 0.29) is 17.7 Å². The SMILES string of the molecule is C/C=C(/C)[C@@]1(OCC)O[C@H]2C[C@@]3(C)OC(=CC3=O)/C(C)=C\[C@H]3OC(=O)[C@@]1(C)[C@H]23. The molecule has 0 unspecified atom stereocenters. The van der Waals surface area contributed by atoms with Gasteiger partial charge in [-0.2, -0.15) is 0 Å². The van der Waals surface area contributed by atoms with Crippen molar-refractivity contribution in [2.24, 2.45) is 11.3 Å². The van der Waals surface area contributed by atoms with Crippen molar-refractivity contribution in [3.05, 3.63) is 35.1 Å². The number of rotatable bonds is 3. The lowest BCUT2D eigenvalue weighted by Gasteiger charge is -2.39. The summed E-state index contributed by atoms with van der Waals surface area (Å²) in [5.74, 6) is -1.39. The molecule has 28 heavy (non-hydrogen) atoms. The molecule has 6 nitrogen and oxygen atoms in total. The minimum Gasteiger partial charge on any atom is -0.479 e. The first-order valence-corrected chi connectivity index (χ1v) is 9.93. The number of esters is 1. The maximum Gasteiger partial charge on any atom is 0.318 e. The Bertz CT molecular complexity index is 838. The summed E-state index contributed by atoms with van der Waals surface area (Å²) in [6.07, 6.45) is 4.75. The van der Waals surface area contributed by atoms with Gasteiger partial charge in [0.15, 0.2) is 5.60 Å². The van der Waals surface area contributed by atoms with E-state index in [0.717, 1.165) is 11.1 Å². The van der Waals surface area contributed by atoms with Gasteiger partial charge in [-0.1, -0.05) is 6.08 Å². The lowest BCUT2D eigenvalue weighted by molar-refractivity contribution is -0.244. The predicted octanol–water partition coefficient (Wildman–Crippen LogP) is 3.22. The number of allylic oxidation sites excluding steroid dienone is 2. The highest BCUT2D eigenvalue weighted by Crippen LogP contribution is 2.62. The highest BCUT2D eigenvalue weighted by Gasteiger charge is 2.75. The molecule has 0 aromatic rings. The first kappa shape index (κ1) is 19.4. The van der Waals surface area contributed by atoms with Gasteiger partial charge in [0.25, 0.3) is 0 Å². The molecule has 0 saturated carbocycles. The Kier molecular flexibility index (Phi) is 4.18. The standard InChI is InChI=1S/C22H28O6/c1-7-13(4)22(25-8-2)21(6)18-15(26-19(21)24)9-12(3)14-10-17(23)20(5,27-14)11-16(18)28-22/h7,9-10,15-16,18H,8,11H2,1-6H3/b12-9-,13-7-/t15-,16+,18+,20-,21-,22-/m1/s1. The number of fused-ring (bicyclic) bond motifs is 2. The molecule has 0 radical (unpaired) electrons. The van der Waals surface area contributed by atoms with Gasteiger partial charge < -0.3 is 18.9 Å². The number of ether oxygens (including phenoxy) is 4. The van der Waals surface area contributed by atoms with Crippen LogP contribution in [0.3, 0.4) is 0 Å². The van der Waals surface area contributed by atoms with Crippen LogP contribution in [-0.2, 0) is 28.5 Å². The molecule has 0 aromatic carbocycles. The van der Waals surface area contributed by atoms with Crippen LogP contribution in [0.5, 0.6) is 0 Å². The fourth-order valence-electron chi connectivity index (χ4n) is 5.27. The van der Waals surface area contributed by atoms with Gasteiger partial charge in [-0.05, 0) is 58.8 Å². The van der Waals surface area contributed by atoms with E-state index < -0.39 is 29.0 Å². The molecule has 2 saturated heterocycles. The average Bonchev–Trinajstić information content (AvgIpc) is 3.17. The molecule has 0 amide bonds. The van der Waals surface area contributed by atoms with Crippen molar-refractivity contribution < 1.29 is 28.5 Å². The number of carbonyl (C=O) groups excluding carboxylic acids is 2. The fraction of sp³-hybridized carbons (Fsp3) is 0.636. The minimum absolute atomic E-state index is 0.0825. The Morgan fingerprint density at radius 2 is 2.07 bits per heavy atom. The van der Waals surface area contributed by atoms with Gasteiger partial charge >= 0.3 is 5.97 Å². The second-order valence-electron chi connectivity index (χ2n) is 8.54. The Morgan fingerprint density at radius 3 is 2.71 bits per heavy atom. The number of hydrogen-bond donors (Lipinski definition) is 0. The maximum absolute atomic E-state index is 13.2. The topological polar surface area (TPSA) is 71.1 Å². The lowest BCUT2D eigenvalue weighted by Crippen LogP contribution is -2.52. The molecular weight excluding hydrogens is 360 g/mol. The monoisotopic (exact) mass is 388 g/mol. The Morgan fingerprint density at radius 1 is 1.36 bits per heavy atom. The van der Waals surface area contributed by atoms with Crippen molar-refractivity contribution in [2.45, 2.75) is 71.6 Å². The van der Waals surface area contributed by atoms with E-state index in [1.54, 1.807) is 6.92 Å². The van der Waals surface area contributed by atoms with E-state index in [0.29, 0.717) is 18.8 Å².